The van der Waals surface area contributed by atoms with Crippen LogP contribution >= 0.6 is 11.3 Å². The fraction of sp³-hybridized carbons (Fsp3) is 0.476. The van der Waals surface area contributed by atoms with E-state index >= 15 is 0 Å². The van der Waals surface area contributed by atoms with Crippen molar-refractivity contribution in [2.45, 2.75) is 59.1 Å². The first-order valence-electron chi connectivity index (χ1n) is 9.35. The Morgan fingerprint density at radius 1 is 1.14 bits per heavy atom. The number of hydrogen-bond donors (Lipinski definition) is 2. The molecule has 2 rings (SSSR count). The van der Waals surface area contributed by atoms with Crippen LogP contribution in [0.2, 0.25) is 0 Å². The molecule has 158 valence electrons. The lowest BCUT2D eigenvalue weighted by Gasteiger charge is -2.27. The summed E-state index contributed by atoms with van der Waals surface area (Å²) in [4.78, 5) is 29.6. The second kappa shape index (κ2) is 8.90. The van der Waals surface area contributed by atoms with E-state index < -0.39 is 17.2 Å². The Balaban J connectivity index is 1.98. The Morgan fingerprint density at radius 2 is 1.76 bits per heavy atom. The van der Waals surface area contributed by atoms with Gasteiger partial charge in [0.2, 0.25) is 0 Å². The minimum Gasteiger partial charge on any atom is -0.444 e. The van der Waals surface area contributed by atoms with Crippen LogP contribution in [0.15, 0.2) is 24.3 Å². The number of nitrogens with one attached hydrogen (secondary N) is 2. The zero-order chi connectivity index (χ0) is 21.8. The van der Waals surface area contributed by atoms with E-state index in [0.717, 1.165) is 10.6 Å². The van der Waals surface area contributed by atoms with Gasteiger partial charge < -0.3 is 15.4 Å². The summed E-state index contributed by atoms with van der Waals surface area (Å²) in [5.74, 6) is -0.535. The van der Waals surface area contributed by atoms with Crippen LogP contribution in [0.1, 0.15) is 60.6 Å². The van der Waals surface area contributed by atoms with E-state index in [1.165, 1.54) is 23.5 Å². The van der Waals surface area contributed by atoms with Gasteiger partial charge in [0, 0.05) is 13.0 Å². The highest BCUT2D eigenvalue weighted by Crippen LogP contribution is 2.22. The largest absolute Gasteiger partial charge is 0.444 e. The molecule has 0 aliphatic heterocycles. The highest BCUT2D eigenvalue weighted by molar-refractivity contribution is 7.13. The Labute approximate surface area is 174 Å². The van der Waals surface area contributed by atoms with Gasteiger partial charge in [0.15, 0.2) is 0 Å². The number of rotatable bonds is 6. The number of carbonyl (C=O) groups is 2. The lowest BCUT2D eigenvalue weighted by atomic mass is 10.1. The molecule has 8 heteroatoms. The summed E-state index contributed by atoms with van der Waals surface area (Å²) in [5, 5.41) is 6.38. The number of benzene rings is 1. The third kappa shape index (κ3) is 7.45. The van der Waals surface area contributed by atoms with Crippen molar-refractivity contribution in [3.8, 4) is 0 Å². The maximum Gasteiger partial charge on any atom is 0.407 e. The van der Waals surface area contributed by atoms with Crippen molar-refractivity contribution >= 4 is 23.3 Å². The van der Waals surface area contributed by atoms with Gasteiger partial charge in [-0.2, -0.15) is 0 Å². The normalized spacial score (nSPS) is 11.8. The Bertz CT molecular complexity index is 870. The summed E-state index contributed by atoms with van der Waals surface area (Å²) in [6.07, 6.45) is -0.00164. The van der Waals surface area contributed by atoms with Crippen LogP contribution in [0.4, 0.5) is 9.18 Å². The smallest absolute Gasteiger partial charge is 0.407 e. The molecule has 0 aliphatic carbocycles. The van der Waals surface area contributed by atoms with Crippen molar-refractivity contribution in [3.05, 3.63) is 51.2 Å². The van der Waals surface area contributed by atoms with E-state index in [2.05, 4.69) is 15.6 Å². The van der Waals surface area contributed by atoms with Crippen LogP contribution in [-0.2, 0) is 11.2 Å². The first-order valence-corrected chi connectivity index (χ1v) is 10.2. The average molecular weight is 422 g/mol. The molecule has 6 nitrogen and oxygen atoms in total. The number of alkyl carbamates (subject to hydrolysis) is 1. The molecule has 0 bridgehead atoms. The van der Waals surface area contributed by atoms with Crippen molar-refractivity contribution in [2.75, 3.05) is 6.54 Å². The second-order valence-electron chi connectivity index (χ2n) is 8.52. The molecule has 1 aromatic heterocycles. The average Bonchev–Trinajstić information content (AvgIpc) is 2.94. The molecule has 0 aliphatic rings. The molecular formula is C21H28FN3O3S. The van der Waals surface area contributed by atoms with Gasteiger partial charge in [-0.25, -0.2) is 14.2 Å². The fourth-order valence-electron chi connectivity index (χ4n) is 2.53. The lowest BCUT2D eigenvalue weighted by Crippen LogP contribution is -2.52. The molecule has 0 atom stereocenters. The van der Waals surface area contributed by atoms with E-state index in [1.807, 2.05) is 13.8 Å². The van der Waals surface area contributed by atoms with Crippen LogP contribution < -0.4 is 10.6 Å². The third-order valence-corrected chi connectivity index (χ3v) is 5.00. The predicted octanol–water partition coefficient (Wildman–Crippen LogP) is 4.21. The summed E-state index contributed by atoms with van der Waals surface area (Å²) in [6, 6.07) is 6.22. The standard InChI is InChI=1S/C21H28FN3O3S/c1-13-17(29-16(24-13)11-14-7-9-15(22)10-8-14)18(26)25-21(5,6)12-23-19(27)28-20(2,3)4/h7-10H,11-12H2,1-6H3,(H,23,27)(H,25,26). The van der Waals surface area contributed by atoms with Crippen molar-refractivity contribution in [2.24, 2.45) is 0 Å². The van der Waals surface area contributed by atoms with Crippen LogP contribution in [0.5, 0.6) is 0 Å². The summed E-state index contributed by atoms with van der Waals surface area (Å²) in [7, 11) is 0. The molecule has 2 aromatic rings. The highest BCUT2D eigenvalue weighted by Gasteiger charge is 2.26. The Morgan fingerprint density at radius 3 is 2.34 bits per heavy atom. The molecular weight excluding hydrogens is 393 g/mol. The van der Waals surface area contributed by atoms with Crippen molar-refractivity contribution in [3.63, 3.8) is 0 Å². The summed E-state index contributed by atoms with van der Waals surface area (Å²) >= 11 is 1.31. The molecule has 2 N–H and O–H groups in total. The van der Waals surface area contributed by atoms with E-state index in [1.54, 1.807) is 39.8 Å². The van der Waals surface area contributed by atoms with Crippen molar-refractivity contribution in [1.29, 1.82) is 0 Å². The van der Waals surface area contributed by atoms with Gasteiger partial charge in [0.05, 0.1) is 16.2 Å². The summed E-state index contributed by atoms with van der Waals surface area (Å²) in [6.45, 7) is 11.0. The molecule has 0 spiro atoms. The third-order valence-electron chi connectivity index (χ3n) is 3.84. The van der Waals surface area contributed by atoms with Gasteiger partial charge in [0.1, 0.15) is 16.3 Å². The quantitative estimate of drug-likeness (QED) is 0.732. The number of aromatic nitrogens is 1. The number of halogens is 1. The fourth-order valence-corrected chi connectivity index (χ4v) is 3.53. The van der Waals surface area contributed by atoms with Crippen molar-refractivity contribution < 1.29 is 18.7 Å². The second-order valence-corrected chi connectivity index (χ2v) is 9.60. The lowest BCUT2D eigenvalue weighted by molar-refractivity contribution is 0.0509. The van der Waals surface area contributed by atoms with Gasteiger partial charge in [0.25, 0.3) is 5.91 Å². The summed E-state index contributed by atoms with van der Waals surface area (Å²) < 4.78 is 18.3. The molecule has 2 amide bonds. The van der Waals surface area contributed by atoms with Crippen LogP contribution in [0, 0.1) is 12.7 Å². The number of thiazole rings is 1. The van der Waals surface area contributed by atoms with E-state index in [0.29, 0.717) is 17.0 Å². The monoisotopic (exact) mass is 421 g/mol. The zero-order valence-electron chi connectivity index (χ0n) is 17.7. The van der Waals surface area contributed by atoms with Gasteiger partial charge in [-0.05, 0) is 59.2 Å². The van der Waals surface area contributed by atoms with Crippen LogP contribution in [-0.4, -0.2) is 34.7 Å². The molecule has 0 unspecified atom stereocenters. The van der Waals surface area contributed by atoms with Crippen molar-refractivity contribution in [1.82, 2.24) is 15.6 Å². The first-order chi connectivity index (χ1) is 13.3. The van der Waals surface area contributed by atoms with Crippen LogP contribution in [0.25, 0.3) is 0 Å². The molecule has 0 saturated heterocycles. The molecule has 1 aromatic carbocycles. The molecule has 1 heterocycles. The molecule has 0 saturated carbocycles. The van der Waals surface area contributed by atoms with Gasteiger partial charge in [-0.3, -0.25) is 4.79 Å². The van der Waals surface area contributed by atoms with E-state index in [4.69, 9.17) is 4.74 Å². The maximum absolute atomic E-state index is 13.1. The maximum atomic E-state index is 13.1. The topological polar surface area (TPSA) is 80.3 Å². The molecule has 29 heavy (non-hydrogen) atoms. The van der Waals surface area contributed by atoms with Gasteiger partial charge >= 0.3 is 6.09 Å². The number of aryl methyl sites for hydroxylation is 1. The van der Waals surface area contributed by atoms with Crippen LogP contribution in [0.3, 0.4) is 0 Å². The summed E-state index contributed by atoms with van der Waals surface area (Å²) in [5.41, 5.74) is 0.300. The zero-order valence-corrected chi connectivity index (χ0v) is 18.5. The number of ether oxygens (including phenoxy) is 1. The van der Waals surface area contributed by atoms with Gasteiger partial charge in [-0.15, -0.1) is 11.3 Å². The number of nitrogens with zero attached hydrogens (tertiary/aromatic N) is 1. The number of hydrogen-bond acceptors (Lipinski definition) is 5. The SMILES string of the molecule is Cc1nc(Cc2ccc(F)cc2)sc1C(=O)NC(C)(C)CNC(=O)OC(C)(C)C. The molecule has 0 fully saturated rings. The highest BCUT2D eigenvalue weighted by atomic mass is 32.1. The number of carbonyl (C=O) groups excluding carboxylic acids is 2. The van der Waals surface area contributed by atoms with Gasteiger partial charge in [-0.1, -0.05) is 12.1 Å². The predicted molar refractivity (Wildman–Crippen MR) is 112 cm³/mol. The minimum absolute atomic E-state index is 0.216. The van der Waals surface area contributed by atoms with E-state index in [-0.39, 0.29) is 18.3 Å². The Kier molecular flexibility index (Phi) is 7.00. The number of amides is 2. The minimum atomic E-state index is -0.679. The van der Waals surface area contributed by atoms with E-state index in [9.17, 15) is 14.0 Å². The molecule has 0 radical (unpaired) electrons. The first kappa shape index (κ1) is 22.8. The Hall–Kier alpha value is -2.48.